The van der Waals surface area contributed by atoms with Crippen LogP contribution in [0.5, 0.6) is 92.0 Å². The van der Waals surface area contributed by atoms with Gasteiger partial charge in [-0.3, -0.25) is 4.79 Å². The number of ether oxygens (including phenoxy) is 8. The number of fused-ring (bicyclic) bond motifs is 3. The van der Waals surface area contributed by atoms with Gasteiger partial charge >= 0.3 is 35.8 Å². The highest BCUT2D eigenvalue weighted by molar-refractivity contribution is 6.10. The van der Waals surface area contributed by atoms with Crippen molar-refractivity contribution in [3.63, 3.8) is 0 Å². The summed E-state index contributed by atoms with van der Waals surface area (Å²) in [5.41, 5.74) is -10.5. The third-order valence-electron chi connectivity index (χ3n) is 13.2. The summed E-state index contributed by atoms with van der Waals surface area (Å²) in [6.07, 6.45) is -12.9. The molecule has 1 saturated heterocycles. The van der Waals surface area contributed by atoms with Crippen LogP contribution in [-0.2, 0) is 38.0 Å². The smallest absolute Gasteiger partial charge is 0.340 e. The Kier molecular flexibility index (Phi) is 11.8. The Morgan fingerprint density at radius 1 is 0.562 bits per heavy atom. The Morgan fingerprint density at radius 2 is 1.10 bits per heavy atom. The van der Waals surface area contributed by atoms with Gasteiger partial charge in [0.2, 0.25) is 46.9 Å². The zero-order valence-corrected chi connectivity index (χ0v) is 38.9. The van der Waals surface area contributed by atoms with E-state index in [9.17, 15) is 116 Å². The number of ketones is 1. The number of aromatic carboxylic acids is 1. The summed E-state index contributed by atoms with van der Waals surface area (Å²) in [4.78, 5) is 98.7. The van der Waals surface area contributed by atoms with E-state index in [0.717, 1.165) is 0 Å². The predicted octanol–water partition coefficient (Wildman–Crippen LogP) is -0.200. The van der Waals surface area contributed by atoms with Crippen molar-refractivity contribution < 1.29 is 158 Å². The maximum absolute atomic E-state index is 15.2. The first kappa shape index (κ1) is 52.6. The maximum atomic E-state index is 15.2. The first-order valence-corrected chi connectivity index (χ1v) is 22.2. The quantitative estimate of drug-likeness (QED) is 0.0469. The van der Waals surface area contributed by atoms with E-state index in [1.165, 1.54) is 0 Å². The van der Waals surface area contributed by atoms with Crippen molar-refractivity contribution in [2.24, 2.45) is 0 Å². The van der Waals surface area contributed by atoms with Crippen molar-refractivity contribution in [2.75, 3.05) is 6.61 Å². The number of benzene rings is 5. The van der Waals surface area contributed by atoms with Crippen LogP contribution in [-0.4, -0.2) is 177 Å². The van der Waals surface area contributed by atoms with E-state index in [0.29, 0.717) is 30.3 Å². The normalized spacial score (nSPS) is 23.5. The number of esters is 5. The molecule has 5 aromatic carbocycles. The molecule has 32 heteroatoms. The number of aliphatic hydroxyl groups is 3. The largest absolute Gasteiger partial charge is 0.504 e. The molecule has 32 nitrogen and oxygen atoms in total. The van der Waals surface area contributed by atoms with Gasteiger partial charge < -0.3 is 125 Å². The van der Waals surface area contributed by atoms with E-state index in [2.05, 4.69) is 0 Å². The van der Waals surface area contributed by atoms with Gasteiger partial charge in [-0.05, 0) is 30.3 Å². The minimum atomic E-state index is -4.09. The molecule has 5 aliphatic rings. The number of carboxylic acids is 1. The lowest BCUT2D eigenvalue weighted by Crippen LogP contribution is -2.66. The molecule has 0 saturated carbocycles. The van der Waals surface area contributed by atoms with Gasteiger partial charge in [0, 0.05) is 28.8 Å². The lowest BCUT2D eigenvalue weighted by molar-refractivity contribution is -0.323. The maximum Gasteiger partial charge on any atom is 0.340 e. The van der Waals surface area contributed by atoms with Crippen molar-refractivity contribution in [1.29, 1.82) is 0 Å². The van der Waals surface area contributed by atoms with E-state index in [1.54, 1.807) is 0 Å². The molecular formula is C48H32O32. The summed E-state index contributed by atoms with van der Waals surface area (Å²) in [7, 11) is 0. The molecule has 7 unspecified atom stereocenters. The average Bonchev–Trinajstić information content (AvgIpc) is 3.74. The second-order valence-corrected chi connectivity index (χ2v) is 17.8. The molecule has 0 aromatic heterocycles. The number of hydrogen-bond donors (Lipinski definition) is 17. The van der Waals surface area contributed by atoms with E-state index < -0.39 is 238 Å². The second-order valence-electron chi connectivity index (χ2n) is 17.8. The van der Waals surface area contributed by atoms with Crippen LogP contribution in [0.15, 0.2) is 48.0 Å². The van der Waals surface area contributed by atoms with Gasteiger partial charge in [-0.15, -0.1) is 0 Å². The van der Waals surface area contributed by atoms with Crippen molar-refractivity contribution in [1.82, 2.24) is 0 Å². The Hall–Kier alpha value is -10.8. The first-order chi connectivity index (χ1) is 37.5. The molecule has 80 heavy (non-hydrogen) atoms. The number of aromatic hydroxyl groups is 13. The van der Waals surface area contributed by atoms with Gasteiger partial charge in [0.05, 0.1) is 33.7 Å². The molecule has 7 atom stereocenters. The lowest BCUT2D eigenvalue weighted by Gasteiger charge is -2.44. The van der Waals surface area contributed by atoms with Gasteiger partial charge in [-0.1, -0.05) is 0 Å². The van der Waals surface area contributed by atoms with Crippen LogP contribution in [0.2, 0.25) is 0 Å². The molecular weight excluding hydrogens is 1090 g/mol. The Bertz CT molecular complexity index is 3700. The number of hydrogen-bond acceptors (Lipinski definition) is 31. The number of phenols is 13. The van der Waals surface area contributed by atoms with Gasteiger partial charge in [0.25, 0.3) is 11.6 Å². The highest BCUT2D eigenvalue weighted by Gasteiger charge is 2.71. The zero-order valence-electron chi connectivity index (χ0n) is 38.9. The molecule has 1 fully saturated rings. The fourth-order valence-corrected chi connectivity index (χ4v) is 9.33. The highest BCUT2D eigenvalue weighted by Crippen LogP contribution is 2.61. The lowest BCUT2D eigenvalue weighted by atomic mass is 9.74. The summed E-state index contributed by atoms with van der Waals surface area (Å²) in [6.45, 7) is -1.41. The summed E-state index contributed by atoms with van der Waals surface area (Å²) >= 11 is 0. The summed E-state index contributed by atoms with van der Waals surface area (Å²) in [5.74, 6) is -45.9. The predicted molar refractivity (Wildman–Crippen MR) is 241 cm³/mol. The van der Waals surface area contributed by atoms with Crippen LogP contribution >= 0.6 is 0 Å². The molecule has 416 valence electrons. The van der Waals surface area contributed by atoms with Crippen LogP contribution in [0.4, 0.5) is 0 Å². The van der Waals surface area contributed by atoms with Crippen LogP contribution in [0.3, 0.4) is 0 Å². The number of carbonyl (C=O) groups excluding carboxylic acids is 6. The van der Waals surface area contributed by atoms with Gasteiger partial charge in [-0.2, -0.15) is 0 Å². The minimum absolute atomic E-state index is 0.152. The molecule has 10 rings (SSSR count). The van der Waals surface area contributed by atoms with Crippen molar-refractivity contribution >= 4 is 41.6 Å². The molecule has 1 aliphatic carbocycles. The molecule has 5 aromatic rings. The number of cyclic esters (lactones) is 1. The average molecular weight is 1120 g/mol. The van der Waals surface area contributed by atoms with Crippen LogP contribution in [0.25, 0.3) is 11.1 Å². The van der Waals surface area contributed by atoms with E-state index in [-0.39, 0.29) is 12.1 Å². The summed E-state index contributed by atoms with van der Waals surface area (Å²) in [5, 5.41) is 183. The number of phenolic OH excluding ortho intramolecular Hbond substituents is 13. The number of rotatable bonds is 5. The standard InChI is InChI=1S/C48H32O32/c49-15-1-9(2-16(50)27(15)55)41(65)79-46-39-38-36(76-45(69)13-7-22(54)47(70,71)48(72)26(13)25-11(43(67)78-39)4-19(53)30(58)37(25)80-48)21(75-46)8-73-42(66)10-3-17(51)28(56)32(60)23(10)24-12(44(68)77-38)6-20(31(59)33(24)61)74-35-14(40(63)64)5-18(52)29(57)34(35)62/h1-7,21,26,36,38-39,46,49-53,55-62,70-72H,8H2,(H,63,64). The van der Waals surface area contributed by atoms with E-state index in [4.69, 9.17) is 37.9 Å². The molecule has 0 amide bonds. The summed E-state index contributed by atoms with van der Waals surface area (Å²) < 4.78 is 44.8. The van der Waals surface area contributed by atoms with E-state index >= 15 is 4.79 Å². The van der Waals surface area contributed by atoms with Gasteiger partial charge in [0.15, 0.2) is 75.5 Å². The molecule has 0 radical (unpaired) electrons. The molecule has 4 bridgehead atoms. The summed E-state index contributed by atoms with van der Waals surface area (Å²) in [6, 6.07) is 2.35. The van der Waals surface area contributed by atoms with Crippen LogP contribution < -0.4 is 9.47 Å². The Balaban J connectivity index is 1.23. The minimum Gasteiger partial charge on any atom is -0.504 e. The molecule has 4 heterocycles. The fourth-order valence-electron chi connectivity index (χ4n) is 9.33. The van der Waals surface area contributed by atoms with Crippen molar-refractivity contribution in [2.45, 2.75) is 48.2 Å². The topological polar surface area (TPSA) is 537 Å². The van der Waals surface area contributed by atoms with Crippen LogP contribution in [0, 0.1) is 0 Å². The van der Waals surface area contributed by atoms with Crippen molar-refractivity contribution in [3.05, 3.63) is 81.4 Å². The Labute approximate surface area is 438 Å². The third kappa shape index (κ3) is 7.64. The van der Waals surface area contributed by atoms with Crippen LogP contribution in [0.1, 0.15) is 63.3 Å². The van der Waals surface area contributed by atoms with E-state index in [1.807, 2.05) is 0 Å². The third-order valence-corrected chi connectivity index (χ3v) is 13.2. The van der Waals surface area contributed by atoms with Crippen molar-refractivity contribution in [3.8, 4) is 103 Å². The van der Waals surface area contributed by atoms with Gasteiger partial charge in [-0.25, -0.2) is 28.8 Å². The number of carboxylic acid groups (broad SMARTS) is 1. The monoisotopic (exact) mass is 1120 g/mol. The second kappa shape index (κ2) is 17.9. The molecule has 4 aliphatic heterocycles. The molecule has 0 spiro atoms. The molecule has 17 N–H and O–H groups in total. The first-order valence-electron chi connectivity index (χ1n) is 22.2. The van der Waals surface area contributed by atoms with Gasteiger partial charge in [0.1, 0.15) is 18.3 Å². The SMILES string of the molecule is O=C1OC2C3COC(=O)c4cc(O)c(O)c(O)c4-c4c(cc(Oc5c(C(=O)O)cc(O)c(O)c5O)c(O)c4O)C(=O)OC2C(OC(=O)c2cc(O)c(O)c4c2C2C1=CC(=O)C(O)(O)C2(O)O4)C(OC(=O)c1cc(O)c(O)c(O)c1)O3. The Morgan fingerprint density at radius 3 is 1.75 bits per heavy atom. The fraction of sp³-hybridized carbons (Fsp3) is 0.188. The highest BCUT2D eigenvalue weighted by atomic mass is 16.8. The number of carbonyl (C=O) groups is 7. The zero-order chi connectivity index (χ0) is 58.3.